The van der Waals surface area contributed by atoms with Crippen molar-refractivity contribution < 1.29 is 14.3 Å². The number of carbonyl (C=O) groups is 1. The highest BCUT2D eigenvalue weighted by Crippen LogP contribution is 2.13. The van der Waals surface area contributed by atoms with Crippen LogP contribution in [0.2, 0.25) is 0 Å². The van der Waals surface area contributed by atoms with Crippen LogP contribution in [0, 0.1) is 17.7 Å². The molecule has 1 amide bonds. The van der Waals surface area contributed by atoms with Crippen molar-refractivity contribution in [1.82, 2.24) is 4.98 Å². The number of nitrogens with one attached hydrogen (secondary N) is 1. The minimum absolute atomic E-state index is 0.223. The monoisotopic (exact) mass is 270 g/mol. The van der Waals surface area contributed by atoms with Crippen molar-refractivity contribution in [3.63, 3.8) is 0 Å². The number of nitrogens with zero attached hydrogens (tertiary/aromatic N) is 1. The van der Waals surface area contributed by atoms with Crippen molar-refractivity contribution in [2.24, 2.45) is 0 Å². The minimum atomic E-state index is -0.495. The summed E-state index contributed by atoms with van der Waals surface area (Å²) in [5, 5.41) is 11.3. The van der Waals surface area contributed by atoms with Crippen LogP contribution >= 0.6 is 0 Å². The average molecular weight is 270 g/mol. The predicted molar refractivity (Wildman–Crippen MR) is 72.6 cm³/mol. The zero-order chi connectivity index (χ0) is 14.4. The van der Waals surface area contributed by atoms with Crippen molar-refractivity contribution in [3.05, 3.63) is 59.7 Å². The van der Waals surface area contributed by atoms with Crippen LogP contribution in [-0.2, 0) is 0 Å². The summed E-state index contributed by atoms with van der Waals surface area (Å²) in [5.41, 5.74) is 0.986. The zero-order valence-electron chi connectivity index (χ0n) is 10.4. The number of carbonyl (C=O) groups excluding carboxylic acids is 1. The molecular weight excluding hydrogens is 259 g/mol. The molecule has 1 aromatic heterocycles. The molecule has 0 radical (unpaired) electrons. The second-order valence-electron chi connectivity index (χ2n) is 3.85. The van der Waals surface area contributed by atoms with Gasteiger partial charge < -0.3 is 10.4 Å². The molecule has 0 saturated heterocycles. The Bertz CT molecular complexity index is 675. The number of anilines is 1. The standard InChI is InChI=1S/C15H11FN2O2/c16-12-5-6-14(11(9-12)3-2-8-19)15(20)18-13-4-1-7-17-10-13/h1,4-7,9-10,19H,8H2,(H,18,20). The first-order chi connectivity index (χ1) is 9.70. The van der Waals surface area contributed by atoms with E-state index in [1.54, 1.807) is 18.3 Å². The normalized spacial score (nSPS) is 9.50. The fraction of sp³-hybridized carbons (Fsp3) is 0.0667. The molecule has 0 atom stereocenters. The van der Waals surface area contributed by atoms with Gasteiger partial charge in [0.2, 0.25) is 0 Å². The molecular formula is C15H11FN2O2. The van der Waals surface area contributed by atoms with Gasteiger partial charge in [-0.2, -0.15) is 0 Å². The number of rotatable bonds is 2. The molecule has 2 rings (SSSR count). The lowest BCUT2D eigenvalue weighted by molar-refractivity contribution is 0.102. The van der Waals surface area contributed by atoms with E-state index in [1.165, 1.54) is 18.3 Å². The van der Waals surface area contributed by atoms with Crippen LogP contribution in [0.15, 0.2) is 42.7 Å². The van der Waals surface area contributed by atoms with Crippen LogP contribution in [0.3, 0.4) is 0 Å². The van der Waals surface area contributed by atoms with E-state index in [2.05, 4.69) is 22.1 Å². The van der Waals surface area contributed by atoms with E-state index in [0.717, 1.165) is 6.07 Å². The summed E-state index contributed by atoms with van der Waals surface area (Å²) in [7, 11) is 0. The molecule has 0 saturated carbocycles. The molecule has 2 N–H and O–H groups in total. The van der Waals surface area contributed by atoms with Gasteiger partial charge in [-0.15, -0.1) is 0 Å². The van der Waals surface area contributed by atoms with Crippen LogP contribution in [-0.4, -0.2) is 22.6 Å². The Kier molecular flexibility index (Phi) is 4.43. The van der Waals surface area contributed by atoms with E-state index in [4.69, 9.17) is 5.11 Å². The van der Waals surface area contributed by atoms with Gasteiger partial charge >= 0.3 is 0 Å². The maximum atomic E-state index is 13.2. The summed E-state index contributed by atoms with van der Waals surface area (Å²) in [6, 6.07) is 7.06. The Morgan fingerprint density at radius 1 is 1.40 bits per heavy atom. The van der Waals surface area contributed by atoms with Crippen molar-refractivity contribution in [1.29, 1.82) is 0 Å². The SMILES string of the molecule is O=C(Nc1cccnc1)c1ccc(F)cc1C#CCO. The largest absolute Gasteiger partial charge is 0.384 e. The van der Waals surface area contributed by atoms with Crippen molar-refractivity contribution in [2.75, 3.05) is 11.9 Å². The quantitative estimate of drug-likeness (QED) is 0.818. The van der Waals surface area contributed by atoms with Gasteiger partial charge in [-0.25, -0.2) is 4.39 Å². The number of benzene rings is 1. The highest BCUT2D eigenvalue weighted by molar-refractivity contribution is 6.05. The third-order valence-corrected chi connectivity index (χ3v) is 2.45. The average Bonchev–Trinajstić information content (AvgIpc) is 2.46. The summed E-state index contributed by atoms with van der Waals surface area (Å²) in [5.74, 6) is 4.04. The van der Waals surface area contributed by atoms with Gasteiger partial charge in [0.05, 0.1) is 17.4 Å². The van der Waals surface area contributed by atoms with Crippen molar-refractivity contribution in [3.8, 4) is 11.8 Å². The number of amides is 1. The molecule has 1 heterocycles. The summed E-state index contributed by atoms with van der Waals surface area (Å²) in [6.45, 7) is -0.361. The highest BCUT2D eigenvalue weighted by atomic mass is 19.1. The summed E-state index contributed by atoms with van der Waals surface area (Å²) in [4.78, 5) is 16.0. The van der Waals surface area contributed by atoms with Crippen molar-refractivity contribution in [2.45, 2.75) is 0 Å². The van der Waals surface area contributed by atoms with E-state index in [9.17, 15) is 9.18 Å². The van der Waals surface area contributed by atoms with Gasteiger partial charge in [-0.05, 0) is 30.3 Å². The number of aliphatic hydroxyl groups is 1. The molecule has 4 nitrogen and oxygen atoms in total. The number of halogens is 1. The Hall–Kier alpha value is -2.71. The third kappa shape index (κ3) is 3.40. The topological polar surface area (TPSA) is 62.2 Å². The molecule has 0 unspecified atom stereocenters. The number of hydrogen-bond acceptors (Lipinski definition) is 3. The number of hydrogen-bond donors (Lipinski definition) is 2. The molecule has 2 aromatic rings. The predicted octanol–water partition coefficient (Wildman–Crippen LogP) is 1.82. The van der Waals surface area contributed by atoms with Crippen LogP contribution in [0.5, 0.6) is 0 Å². The highest BCUT2D eigenvalue weighted by Gasteiger charge is 2.11. The maximum absolute atomic E-state index is 13.2. The summed E-state index contributed by atoms with van der Waals surface area (Å²) in [6.07, 6.45) is 3.09. The smallest absolute Gasteiger partial charge is 0.256 e. The van der Waals surface area contributed by atoms with Gasteiger partial charge in [0.25, 0.3) is 5.91 Å². The molecule has 0 bridgehead atoms. The molecule has 0 aliphatic heterocycles. The fourth-order valence-corrected chi connectivity index (χ4v) is 1.59. The second kappa shape index (κ2) is 6.45. The molecule has 0 aliphatic carbocycles. The molecule has 5 heteroatoms. The summed E-state index contributed by atoms with van der Waals surface area (Å²) >= 11 is 0. The molecule has 0 fully saturated rings. The molecule has 20 heavy (non-hydrogen) atoms. The number of aromatic nitrogens is 1. The lowest BCUT2D eigenvalue weighted by atomic mass is 10.1. The first-order valence-corrected chi connectivity index (χ1v) is 5.81. The first-order valence-electron chi connectivity index (χ1n) is 5.81. The summed E-state index contributed by atoms with van der Waals surface area (Å²) < 4.78 is 13.2. The Morgan fingerprint density at radius 2 is 2.25 bits per heavy atom. The number of pyridine rings is 1. The molecule has 0 spiro atoms. The van der Waals surface area contributed by atoms with Gasteiger partial charge in [0.1, 0.15) is 12.4 Å². The first kappa shape index (κ1) is 13.7. The van der Waals surface area contributed by atoms with E-state index in [1.807, 2.05) is 0 Å². The molecule has 1 aromatic carbocycles. The van der Waals surface area contributed by atoms with Crippen LogP contribution in [0.4, 0.5) is 10.1 Å². The Balaban J connectivity index is 2.30. The van der Waals surface area contributed by atoms with Gasteiger partial charge in [-0.3, -0.25) is 9.78 Å². The van der Waals surface area contributed by atoms with E-state index >= 15 is 0 Å². The number of aliphatic hydroxyl groups excluding tert-OH is 1. The van der Waals surface area contributed by atoms with Gasteiger partial charge in [-0.1, -0.05) is 11.8 Å². The third-order valence-electron chi connectivity index (χ3n) is 2.45. The maximum Gasteiger partial charge on any atom is 0.256 e. The zero-order valence-corrected chi connectivity index (χ0v) is 10.4. The van der Waals surface area contributed by atoms with E-state index in [0.29, 0.717) is 5.69 Å². The van der Waals surface area contributed by atoms with Crippen LogP contribution in [0.25, 0.3) is 0 Å². The van der Waals surface area contributed by atoms with E-state index in [-0.39, 0.29) is 17.7 Å². The minimum Gasteiger partial charge on any atom is -0.384 e. The lowest BCUT2D eigenvalue weighted by Crippen LogP contribution is -2.13. The van der Waals surface area contributed by atoms with Crippen LogP contribution < -0.4 is 5.32 Å². The van der Waals surface area contributed by atoms with Crippen LogP contribution in [0.1, 0.15) is 15.9 Å². The molecule has 100 valence electrons. The fourth-order valence-electron chi connectivity index (χ4n) is 1.59. The second-order valence-corrected chi connectivity index (χ2v) is 3.85. The Labute approximate surface area is 115 Å². The molecule has 0 aliphatic rings. The van der Waals surface area contributed by atoms with E-state index < -0.39 is 11.7 Å². The van der Waals surface area contributed by atoms with Crippen molar-refractivity contribution >= 4 is 11.6 Å². The Morgan fingerprint density at radius 3 is 2.95 bits per heavy atom. The lowest BCUT2D eigenvalue weighted by Gasteiger charge is -2.06. The van der Waals surface area contributed by atoms with Gasteiger partial charge in [0, 0.05) is 11.8 Å². The van der Waals surface area contributed by atoms with Gasteiger partial charge in [0.15, 0.2) is 0 Å².